The Kier molecular flexibility index (Phi) is 4.11. The highest BCUT2D eigenvalue weighted by molar-refractivity contribution is 7.80. The van der Waals surface area contributed by atoms with Crippen molar-refractivity contribution in [2.45, 2.75) is 0 Å². The number of rotatable bonds is 1. The van der Waals surface area contributed by atoms with E-state index < -0.39 is 0 Å². The first-order valence-corrected chi connectivity index (χ1v) is 4.68. The first-order chi connectivity index (χ1) is 6.20. The smallest absolute Gasteiger partial charge is 0.196 e. The van der Waals surface area contributed by atoms with Crippen molar-refractivity contribution in [2.75, 3.05) is 40.4 Å². The molecule has 0 spiro atoms. The third kappa shape index (κ3) is 3.69. The summed E-state index contributed by atoms with van der Waals surface area (Å²) >= 11 is 5.14. The van der Waals surface area contributed by atoms with Crippen LogP contribution in [0.1, 0.15) is 0 Å². The van der Waals surface area contributed by atoms with Gasteiger partial charge in [0.2, 0.25) is 0 Å². The van der Waals surface area contributed by atoms with Gasteiger partial charge in [0.15, 0.2) is 5.11 Å². The minimum atomic E-state index is 0.650. The molecule has 0 atom stereocenters. The maximum Gasteiger partial charge on any atom is 0.196 e. The molecule has 0 amide bonds. The molecular formula is C8H15N3OS. The van der Waals surface area contributed by atoms with E-state index in [0.29, 0.717) is 5.11 Å². The lowest BCUT2D eigenvalue weighted by Gasteiger charge is -2.26. The van der Waals surface area contributed by atoms with Gasteiger partial charge in [-0.15, -0.1) is 0 Å². The van der Waals surface area contributed by atoms with Crippen molar-refractivity contribution in [3.8, 4) is 0 Å². The fourth-order valence-electron chi connectivity index (χ4n) is 1.00. The van der Waals surface area contributed by atoms with E-state index in [2.05, 4.69) is 9.89 Å². The van der Waals surface area contributed by atoms with E-state index in [-0.39, 0.29) is 0 Å². The van der Waals surface area contributed by atoms with Gasteiger partial charge in [-0.25, -0.2) is 4.99 Å². The number of aliphatic imine (C=N–C) groups is 1. The molecule has 1 rings (SSSR count). The average molecular weight is 201 g/mol. The molecule has 13 heavy (non-hydrogen) atoms. The van der Waals surface area contributed by atoms with Crippen LogP contribution in [-0.2, 0) is 4.74 Å². The van der Waals surface area contributed by atoms with E-state index in [1.807, 2.05) is 19.0 Å². The Bertz CT molecular complexity index is 200. The van der Waals surface area contributed by atoms with Crippen molar-refractivity contribution in [1.82, 2.24) is 9.80 Å². The summed E-state index contributed by atoms with van der Waals surface area (Å²) in [4.78, 5) is 8.07. The van der Waals surface area contributed by atoms with Crippen LogP contribution in [0.5, 0.6) is 0 Å². The van der Waals surface area contributed by atoms with E-state index in [9.17, 15) is 0 Å². The van der Waals surface area contributed by atoms with E-state index in [4.69, 9.17) is 17.0 Å². The topological polar surface area (TPSA) is 28.1 Å². The lowest BCUT2D eigenvalue weighted by Crippen LogP contribution is -2.39. The summed E-state index contributed by atoms with van der Waals surface area (Å²) in [5.74, 6) is 0. The van der Waals surface area contributed by atoms with E-state index in [1.54, 1.807) is 6.34 Å². The maximum atomic E-state index is 5.21. The monoisotopic (exact) mass is 201 g/mol. The first-order valence-electron chi connectivity index (χ1n) is 4.27. The van der Waals surface area contributed by atoms with Crippen molar-refractivity contribution < 1.29 is 4.74 Å². The Hall–Kier alpha value is -0.680. The van der Waals surface area contributed by atoms with Crippen LogP contribution in [0.15, 0.2) is 4.99 Å². The third-order valence-electron chi connectivity index (χ3n) is 1.68. The van der Waals surface area contributed by atoms with Gasteiger partial charge in [0.05, 0.1) is 19.6 Å². The van der Waals surface area contributed by atoms with Gasteiger partial charge in [0.1, 0.15) is 0 Å². The molecule has 0 N–H and O–H groups in total. The summed E-state index contributed by atoms with van der Waals surface area (Å²) in [6.07, 6.45) is 1.72. The van der Waals surface area contributed by atoms with Crippen LogP contribution in [-0.4, -0.2) is 61.6 Å². The molecular weight excluding hydrogens is 186 g/mol. The molecule has 1 fully saturated rings. The highest BCUT2D eigenvalue weighted by Gasteiger charge is 2.11. The average Bonchev–Trinajstić information content (AvgIpc) is 2.15. The van der Waals surface area contributed by atoms with Gasteiger partial charge in [-0.05, 0) is 12.2 Å². The fourth-order valence-corrected chi connectivity index (χ4v) is 1.23. The zero-order valence-corrected chi connectivity index (χ0v) is 8.88. The number of morpholine rings is 1. The lowest BCUT2D eigenvalue weighted by atomic mass is 10.4. The molecule has 0 aromatic heterocycles. The zero-order chi connectivity index (χ0) is 9.68. The van der Waals surface area contributed by atoms with Gasteiger partial charge in [-0.2, -0.15) is 0 Å². The van der Waals surface area contributed by atoms with Crippen molar-refractivity contribution in [1.29, 1.82) is 0 Å². The second-order valence-corrected chi connectivity index (χ2v) is 3.46. The van der Waals surface area contributed by atoms with Crippen LogP contribution < -0.4 is 0 Å². The fraction of sp³-hybridized carbons (Fsp3) is 0.750. The maximum absolute atomic E-state index is 5.21. The highest BCUT2D eigenvalue weighted by Crippen LogP contribution is 1.99. The molecule has 0 unspecified atom stereocenters. The molecule has 0 aliphatic carbocycles. The molecule has 1 aliphatic heterocycles. The molecule has 0 radical (unpaired) electrons. The summed E-state index contributed by atoms with van der Waals surface area (Å²) in [5.41, 5.74) is 0. The van der Waals surface area contributed by atoms with Gasteiger partial charge in [0, 0.05) is 27.2 Å². The van der Waals surface area contributed by atoms with Crippen molar-refractivity contribution in [3.05, 3.63) is 0 Å². The Morgan fingerprint density at radius 2 is 2.08 bits per heavy atom. The molecule has 1 aliphatic rings. The Balaban J connectivity index is 2.37. The summed E-state index contributed by atoms with van der Waals surface area (Å²) in [5, 5.41) is 0.650. The van der Waals surface area contributed by atoms with Gasteiger partial charge in [-0.3, -0.25) is 0 Å². The predicted molar refractivity (Wildman–Crippen MR) is 57.2 cm³/mol. The van der Waals surface area contributed by atoms with Crippen LogP contribution >= 0.6 is 12.2 Å². The first kappa shape index (κ1) is 10.4. The van der Waals surface area contributed by atoms with E-state index >= 15 is 0 Å². The summed E-state index contributed by atoms with van der Waals surface area (Å²) in [7, 11) is 3.84. The van der Waals surface area contributed by atoms with Crippen LogP contribution in [0.25, 0.3) is 0 Å². The largest absolute Gasteiger partial charge is 0.378 e. The minimum Gasteiger partial charge on any atom is -0.378 e. The van der Waals surface area contributed by atoms with Gasteiger partial charge >= 0.3 is 0 Å². The Morgan fingerprint density at radius 3 is 2.62 bits per heavy atom. The molecule has 1 saturated heterocycles. The molecule has 0 bridgehead atoms. The third-order valence-corrected chi connectivity index (χ3v) is 2.04. The SMILES string of the molecule is CN(C)C=NC(=S)N1CCOCC1. The lowest BCUT2D eigenvalue weighted by molar-refractivity contribution is 0.0686. The van der Waals surface area contributed by atoms with Crippen LogP contribution in [0.3, 0.4) is 0 Å². The number of nitrogens with zero attached hydrogens (tertiary/aromatic N) is 3. The zero-order valence-electron chi connectivity index (χ0n) is 8.06. The van der Waals surface area contributed by atoms with Crippen LogP contribution in [0, 0.1) is 0 Å². The summed E-state index contributed by atoms with van der Waals surface area (Å²) < 4.78 is 5.21. The highest BCUT2D eigenvalue weighted by atomic mass is 32.1. The van der Waals surface area contributed by atoms with Crippen LogP contribution in [0.2, 0.25) is 0 Å². The van der Waals surface area contributed by atoms with Gasteiger partial charge < -0.3 is 14.5 Å². The molecule has 4 nitrogen and oxygen atoms in total. The predicted octanol–water partition coefficient (Wildman–Crippen LogP) is 0.193. The number of thiocarbonyl (C=S) groups is 1. The second-order valence-electron chi connectivity index (χ2n) is 3.09. The van der Waals surface area contributed by atoms with Crippen molar-refractivity contribution >= 4 is 23.7 Å². The van der Waals surface area contributed by atoms with Crippen molar-refractivity contribution in [2.24, 2.45) is 4.99 Å². The van der Waals surface area contributed by atoms with E-state index in [0.717, 1.165) is 26.3 Å². The Morgan fingerprint density at radius 1 is 1.46 bits per heavy atom. The number of hydrogen-bond donors (Lipinski definition) is 0. The summed E-state index contributed by atoms with van der Waals surface area (Å²) in [6, 6.07) is 0. The normalized spacial score (nSPS) is 17.8. The standard InChI is InChI=1S/C8H15N3OS/c1-10(2)7-9-8(13)11-3-5-12-6-4-11/h7H,3-6H2,1-2H3. The molecule has 5 heteroatoms. The van der Waals surface area contributed by atoms with Crippen molar-refractivity contribution in [3.63, 3.8) is 0 Å². The second kappa shape index (κ2) is 5.14. The molecule has 1 heterocycles. The molecule has 0 saturated carbocycles. The molecule has 0 aromatic carbocycles. The molecule has 0 aromatic rings. The minimum absolute atomic E-state index is 0.650. The van der Waals surface area contributed by atoms with Gasteiger partial charge in [-0.1, -0.05) is 0 Å². The molecule has 74 valence electrons. The Labute approximate surface area is 84.2 Å². The van der Waals surface area contributed by atoms with Crippen LogP contribution in [0.4, 0.5) is 0 Å². The van der Waals surface area contributed by atoms with Gasteiger partial charge in [0.25, 0.3) is 0 Å². The number of hydrogen-bond acceptors (Lipinski definition) is 2. The van der Waals surface area contributed by atoms with E-state index in [1.165, 1.54) is 0 Å². The summed E-state index contributed by atoms with van der Waals surface area (Å²) in [6.45, 7) is 3.20. The number of ether oxygens (including phenoxy) is 1. The quantitative estimate of drug-likeness (QED) is 0.344.